The van der Waals surface area contributed by atoms with Gasteiger partial charge in [-0.15, -0.1) is 26.6 Å². The number of phenols is 1. The van der Waals surface area contributed by atoms with Gasteiger partial charge in [-0.25, -0.2) is 0 Å². The van der Waals surface area contributed by atoms with Crippen LogP contribution in [0.3, 0.4) is 0 Å². The number of hydrogen-bond acceptors (Lipinski definition) is 11. The largest absolute Gasteiger partial charge is 0.508 e. The molecule has 0 amide bonds. The first-order valence-corrected chi connectivity index (χ1v) is 22.3. The number of aromatic hydroxyl groups is 1. The lowest BCUT2D eigenvalue weighted by Crippen LogP contribution is -2.55. The number of β-amino-alcohol motifs (C(OH)–C–C–N with tert-alkyl or cyclic N) is 1. The van der Waals surface area contributed by atoms with Gasteiger partial charge < -0.3 is 20.0 Å². The van der Waals surface area contributed by atoms with Gasteiger partial charge in [-0.05, 0) is 118 Å². The predicted molar refractivity (Wildman–Crippen MR) is 238 cm³/mol. The van der Waals surface area contributed by atoms with Gasteiger partial charge in [0.15, 0.2) is 11.6 Å². The topological polar surface area (TPSA) is 119 Å². The zero-order valence-electron chi connectivity index (χ0n) is 34.9. The van der Waals surface area contributed by atoms with Gasteiger partial charge in [0.1, 0.15) is 22.6 Å². The molecule has 6 aromatic rings. The van der Waals surface area contributed by atoms with E-state index in [9.17, 15) is 10.2 Å². The van der Waals surface area contributed by atoms with Crippen LogP contribution in [0.5, 0.6) is 5.75 Å². The number of aliphatic hydroxyl groups is 1. The summed E-state index contributed by atoms with van der Waals surface area (Å²) in [6, 6.07) is 29.5. The summed E-state index contributed by atoms with van der Waals surface area (Å²) in [5, 5.41) is 41.8. The second kappa shape index (κ2) is 15.6. The Bertz CT molecular complexity index is 2530. The van der Waals surface area contributed by atoms with Crippen LogP contribution >= 0.6 is 11.3 Å². The summed E-state index contributed by atoms with van der Waals surface area (Å²) in [7, 11) is 0. The summed E-state index contributed by atoms with van der Waals surface area (Å²) in [4.78, 5) is 13.7. The number of thiophene rings is 1. The highest BCUT2D eigenvalue weighted by molar-refractivity contribution is 7.15. The highest BCUT2D eigenvalue weighted by Gasteiger charge is 2.37. The van der Waals surface area contributed by atoms with Crippen LogP contribution in [0.15, 0.2) is 89.9 Å². The molecule has 3 aromatic carbocycles. The fourth-order valence-electron chi connectivity index (χ4n) is 10.1. The minimum atomic E-state index is -0.712. The van der Waals surface area contributed by atoms with Crippen molar-refractivity contribution in [2.24, 2.45) is 4.99 Å². The molecule has 2 N–H and O–H groups in total. The van der Waals surface area contributed by atoms with E-state index in [1.165, 1.54) is 38.4 Å². The Morgan fingerprint density at radius 3 is 2.30 bits per heavy atom. The normalized spacial score (nSPS) is 21.5. The van der Waals surface area contributed by atoms with E-state index in [-0.39, 0.29) is 12.0 Å². The van der Waals surface area contributed by atoms with Crippen molar-refractivity contribution in [1.82, 2.24) is 29.9 Å². The van der Waals surface area contributed by atoms with Crippen molar-refractivity contribution >= 4 is 28.6 Å². The first-order valence-electron chi connectivity index (χ1n) is 21.5. The first-order chi connectivity index (χ1) is 29.1. The molecule has 1 aliphatic carbocycles. The van der Waals surface area contributed by atoms with Crippen LogP contribution in [0, 0.1) is 20.8 Å². The maximum atomic E-state index is 11.8. The van der Waals surface area contributed by atoms with Crippen molar-refractivity contribution in [2.75, 3.05) is 55.6 Å². The molecule has 3 atom stereocenters. The zero-order chi connectivity index (χ0) is 41.1. The van der Waals surface area contributed by atoms with E-state index in [2.05, 4.69) is 123 Å². The van der Waals surface area contributed by atoms with Gasteiger partial charge in [-0.1, -0.05) is 48.5 Å². The van der Waals surface area contributed by atoms with E-state index in [0.29, 0.717) is 18.2 Å². The molecule has 308 valence electrons. The van der Waals surface area contributed by atoms with Crippen molar-refractivity contribution in [3.63, 3.8) is 0 Å². The van der Waals surface area contributed by atoms with Crippen LogP contribution < -0.4 is 9.80 Å². The van der Waals surface area contributed by atoms with Gasteiger partial charge in [0.25, 0.3) is 0 Å². The highest BCUT2D eigenvalue weighted by atomic mass is 32.1. The Kier molecular flexibility index (Phi) is 10.0. The molecule has 4 aliphatic rings. The Morgan fingerprint density at radius 1 is 0.800 bits per heavy atom. The molecule has 12 heteroatoms. The number of aliphatic imine (C=N–C) groups is 1. The van der Waals surface area contributed by atoms with E-state index in [0.717, 1.165) is 104 Å². The van der Waals surface area contributed by atoms with Crippen LogP contribution in [0.2, 0.25) is 0 Å². The highest BCUT2D eigenvalue weighted by Crippen LogP contribution is 2.46. The zero-order valence-corrected chi connectivity index (χ0v) is 35.7. The molecule has 11 nitrogen and oxygen atoms in total. The van der Waals surface area contributed by atoms with Gasteiger partial charge in [-0.2, -0.15) is 5.10 Å². The van der Waals surface area contributed by atoms with E-state index in [1.807, 2.05) is 13.0 Å². The van der Waals surface area contributed by atoms with Crippen LogP contribution in [-0.4, -0.2) is 97.2 Å². The number of piperazine rings is 1. The Morgan fingerprint density at radius 2 is 1.57 bits per heavy atom. The number of aromatic nitrogens is 5. The Labute approximate surface area is 356 Å². The quantitative estimate of drug-likeness (QED) is 0.167. The lowest BCUT2D eigenvalue weighted by Gasteiger charge is -2.44. The molecule has 6 heterocycles. The monoisotopic (exact) mass is 819 g/mol. The number of benzene rings is 3. The number of anilines is 2. The third-order valence-electron chi connectivity index (χ3n) is 13.6. The first kappa shape index (κ1) is 38.8. The summed E-state index contributed by atoms with van der Waals surface area (Å²) in [6.07, 6.45) is 3.39. The molecule has 0 bridgehead atoms. The third kappa shape index (κ3) is 7.08. The molecule has 2 fully saturated rings. The van der Waals surface area contributed by atoms with Gasteiger partial charge in [0.2, 0.25) is 0 Å². The van der Waals surface area contributed by atoms with E-state index >= 15 is 0 Å². The second-order valence-electron chi connectivity index (χ2n) is 17.3. The van der Waals surface area contributed by atoms with Gasteiger partial charge in [0.05, 0.1) is 17.0 Å². The predicted octanol–water partition coefficient (Wildman–Crippen LogP) is 7.68. The number of hydrogen-bond donors (Lipinski definition) is 2. The molecule has 0 radical (unpaired) electrons. The van der Waals surface area contributed by atoms with Crippen molar-refractivity contribution in [1.29, 1.82) is 0 Å². The number of fused-ring (bicyclic) bond motifs is 4. The van der Waals surface area contributed by atoms with Crippen LogP contribution in [-0.2, 0) is 6.42 Å². The average Bonchev–Trinajstić information content (AvgIpc) is 3.76. The molecule has 0 unspecified atom stereocenters. The summed E-state index contributed by atoms with van der Waals surface area (Å²) in [5.41, 5.74) is 9.71. The Balaban J connectivity index is 0.760. The standard InChI is InChI=1S/C48H53N9O2S/c1-30-32(3)60-47-43(30)45(49-31(2)46-53-50-33(4)57(46)47)35-10-13-37(14-11-35)55-22-20-48(59,21-23-55)29-54-24-26-56(27-25-54)42-19-18-41(51-52-42)44-39(34-8-6-5-7-9-34)16-12-36-28-38(58)15-17-40(36)44/h5-11,13-15,17-19,28,31,39,44,58-59H,12,16,20-27,29H2,1-4H3/t31-,39-,44+/m0/s1. The summed E-state index contributed by atoms with van der Waals surface area (Å²) < 4.78 is 2.18. The number of phenolic OH excluding ortho intramolecular Hbond substituents is 1. The van der Waals surface area contributed by atoms with Crippen molar-refractivity contribution in [3.05, 3.63) is 141 Å². The lowest BCUT2D eigenvalue weighted by molar-refractivity contribution is -0.0173. The average molecular weight is 820 g/mol. The fraction of sp³-hybridized carbons (Fsp3) is 0.396. The molecule has 10 rings (SSSR count). The van der Waals surface area contributed by atoms with Gasteiger partial charge in [0, 0.05) is 73.4 Å². The number of piperidine rings is 1. The van der Waals surface area contributed by atoms with E-state index < -0.39 is 5.60 Å². The molecule has 0 spiro atoms. The van der Waals surface area contributed by atoms with E-state index in [4.69, 9.17) is 15.2 Å². The van der Waals surface area contributed by atoms with Crippen molar-refractivity contribution < 1.29 is 10.2 Å². The maximum Gasteiger partial charge on any atom is 0.162 e. The molecule has 3 aliphatic heterocycles. The minimum Gasteiger partial charge on any atom is -0.508 e. The summed E-state index contributed by atoms with van der Waals surface area (Å²) in [5.74, 6) is 3.35. The van der Waals surface area contributed by atoms with Crippen LogP contribution in [0.4, 0.5) is 11.5 Å². The molecule has 2 saturated heterocycles. The van der Waals surface area contributed by atoms with Gasteiger partial charge in [-0.3, -0.25) is 14.5 Å². The summed E-state index contributed by atoms with van der Waals surface area (Å²) in [6.45, 7) is 14.2. The molecule has 0 saturated carbocycles. The van der Waals surface area contributed by atoms with Gasteiger partial charge >= 0.3 is 0 Å². The maximum absolute atomic E-state index is 11.8. The summed E-state index contributed by atoms with van der Waals surface area (Å²) >= 11 is 1.79. The lowest BCUT2D eigenvalue weighted by atomic mass is 9.70. The molecular formula is C48H53N9O2S. The second-order valence-corrected chi connectivity index (χ2v) is 18.5. The minimum absolute atomic E-state index is 0.0744. The molecular weight excluding hydrogens is 767 g/mol. The number of rotatable bonds is 7. The number of nitrogens with zero attached hydrogens (tertiary/aromatic N) is 9. The van der Waals surface area contributed by atoms with Crippen LogP contribution in [0.25, 0.3) is 5.00 Å². The Hall–Kier alpha value is -5.43. The fourth-order valence-corrected chi connectivity index (χ4v) is 11.3. The molecule has 3 aromatic heterocycles. The van der Waals surface area contributed by atoms with Crippen molar-refractivity contribution in [3.8, 4) is 10.8 Å². The van der Waals surface area contributed by atoms with Crippen molar-refractivity contribution in [2.45, 2.75) is 76.9 Å². The SMILES string of the molecule is Cc1sc2c(c1C)C(c1ccc(N3CCC(O)(CN4CCN(c5ccc([C@H]6c7ccc(O)cc7CC[C@H]6c6ccccc6)nn5)CC4)CC3)cc1)=N[C@@H](C)c1nnc(C)n1-2. The van der Waals surface area contributed by atoms with E-state index in [1.54, 1.807) is 17.4 Å². The number of aryl methyl sites for hydroxylation is 3. The molecule has 60 heavy (non-hydrogen) atoms. The van der Waals surface area contributed by atoms with Crippen LogP contribution in [0.1, 0.15) is 99.7 Å². The smallest absolute Gasteiger partial charge is 0.162 e. The third-order valence-corrected chi connectivity index (χ3v) is 14.8.